The molecule has 0 spiro atoms. The second-order valence-electron chi connectivity index (χ2n) is 5.08. The summed E-state index contributed by atoms with van der Waals surface area (Å²) in [4.78, 5) is 31.4. The molecule has 0 unspecified atom stereocenters. The molecule has 15 heteroatoms. The molecule has 0 aliphatic rings. The SMILES string of the molecule is COc1cc(OC)nc(NC(=O)N(C)S(=O)(=O)c2c(C(=O)O)c(Cl)nn2C)n1. The summed E-state index contributed by atoms with van der Waals surface area (Å²) in [5.74, 6) is -1.81. The van der Waals surface area contributed by atoms with Gasteiger partial charge in [0.05, 0.1) is 20.3 Å². The Kier molecular flexibility index (Phi) is 5.94. The van der Waals surface area contributed by atoms with E-state index in [0.717, 1.165) is 11.7 Å². The third kappa shape index (κ3) is 3.91. The van der Waals surface area contributed by atoms with Crippen LogP contribution in [0.3, 0.4) is 0 Å². The average molecular weight is 435 g/mol. The number of ether oxygens (including phenoxy) is 2. The lowest BCUT2D eigenvalue weighted by Gasteiger charge is -2.18. The number of carbonyl (C=O) groups is 2. The van der Waals surface area contributed by atoms with E-state index in [1.165, 1.54) is 27.3 Å². The smallest absolute Gasteiger partial charge is 0.341 e. The predicted octanol–water partition coefficient (Wildman–Crippen LogP) is 0.431. The molecule has 2 N–H and O–H groups in total. The Morgan fingerprint density at radius 1 is 1.25 bits per heavy atom. The van der Waals surface area contributed by atoms with Crippen molar-refractivity contribution in [1.29, 1.82) is 0 Å². The van der Waals surface area contributed by atoms with Crippen molar-refractivity contribution in [3.8, 4) is 11.8 Å². The van der Waals surface area contributed by atoms with Crippen molar-refractivity contribution in [3.63, 3.8) is 0 Å². The van der Waals surface area contributed by atoms with Crippen LogP contribution in [0.1, 0.15) is 10.4 Å². The van der Waals surface area contributed by atoms with Gasteiger partial charge in [-0.2, -0.15) is 23.5 Å². The van der Waals surface area contributed by atoms with E-state index >= 15 is 0 Å². The Morgan fingerprint density at radius 2 is 1.79 bits per heavy atom. The maximum atomic E-state index is 12.8. The molecule has 28 heavy (non-hydrogen) atoms. The molecule has 2 amide bonds. The minimum Gasteiger partial charge on any atom is -0.481 e. The fraction of sp³-hybridized carbons (Fsp3) is 0.308. The number of urea groups is 1. The average Bonchev–Trinajstić information content (AvgIpc) is 2.95. The molecule has 2 rings (SSSR count). The van der Waals surface area contributed by atoms with E-state index in [4.69, 9.17) is 21.1 Å². The van der Waals surface area contributed by atoms with E-state index in [-0.39, 0.29) is 22.0 Å². The fourth-order valence-corrected chi connectivity index (χ4v) is 3.71. The van der Waals surface area contributed by atoms with Gasteiger partial charge in [-0.05, 0) is 0 Å². The molecule has 0 aliphatic carbocycles. The Hall–Kier alpha value is -3.13. The first kappa shape index (κ1) is 21.2. The molecule has 0 radical (unpaired) electrons. The van der Waals surface area contributed by atoms with Gasteiger partial charge in [-0.3, -0.25) is 10.00 Å². The standard InChI is InChI=1S/C13H15ClN6O7S/c1-19-10(8(11(21)22)9(14)18-19)28(24,25)20(2)13(23)17-12-15-6(26-3)5-7(16-12)27-4/h5H,1-4H3,(H,21,22)(H,15,16,17,23). The number of methoxy groups -OCH3 is 2. The van der Waals surface area contributed by atoms with Crippen molar-refractivity contribution in [2.45, 2.75) is 5.03 Å². The summed E-state index contributed by atoms with van der Waals surface area (Å²) < 4.78 is 36.4. The van der Waals surface area contributed by atoms with Crippen molar-refractivity contribution in [3.05, 3.63) is 16.8 Å². The first-order chi connectivity index (χ1) is 13.0. The Balaban J connectivity index is 2.39. The lowest BCUT2D eigenvalue weighted by Crippen LogP contribution is -2.38. The van der Waals surface area contributed by atoms with Crippen molar-refractivity contribution < 1.29 is 32.6 Å². The molecule has 0 fully saturated rings. The molecule has 0 saturated heterocycles. The third-order valence-corrected chi connectivity index (χ3v) is 5.48. The first-order valence-electron chi connectivity index (χ1n) is 7.25. The summed E-state index contributed by atoms with van der Waals surface area (Å²) in [7, 11) is 0.0940. The molecule has 0 aliphatic heterocycles. The first-order valence-corrected chi connectivity index (χ1v) is 9.07. The summed E-state index contributed by atoms with van der Waals surface area (Å²) in [6.45, 7) is 0. The molecule has 152 valence electrons. The Bertz CT molecular complexity index is 1020. The minimum atomic E-state index is -4.64. The van der Waals surface area contributed by atoms with Crippen LogP contribution in [0, 0.1) is 0 Å². The highest BCUT2D eigenvalue weighted by molar-refractivity contribution is 7.89. The van der Waals surface area contributed by atoms with E-state index in [2.05, 4.69) is 20.4 Å². The number of hydrogen-bond acceptors (Lipinski definition) is 9. The number of aromatic nitrogens is 4. The van der Waals surface area contributed by atoms with Crippen molar-refractivity contribution in [2.75, 3.05) is 26.6 Å². The number of hydrogen-bond donors (Lipinski definition) is 2. The number of halogens is 1. The predicted molar refractivity (Wildman–Crippen MR) is 94.3 cm³/mol. The highest BCUT2D eigenvalue weighted by Gasteiger charge is 2.36. The molecule has 0 bridgehead atoms. The van der Waals surface area contributed by atoms with Crippen molar-refractivity contribution >= 4 is 39.6 Å². The molecular weight excluding hydrogens is 420 g/mol. The van der Waals surface area contributed by atoms with Crippen LogP contribution in [0.15, 0.2) is 11.1 Å². The summed E-state index contributed by atoms with van der Waals surface area (Å²) in [5.41, 5.74) is -0.761. The zero-order chi connectivity index (χ0) is 21.2. The molecule has 0 aromatic carbocycles. The lowest BCUT2D eigenvalue weighted by molar-refractivity contribution is 0.0692. The van der Waals surface area contributed by atoms with E-state index in [1.54, 1.807) is 0 Å². The maximum Gasteiger partial charge on any atom is 0.341 e. The van der Waals surface area contributed by atoms with Crippen LogP contribution in [0.4, 0.5) is 10.7 Å². The second-order valence-corrected chi connectivity index (χ2v) is 7.32. The maximum absolute atomic E-state index is 12.8. The van der Waals surface area contributed by atoms with Gasteiger partial charge in [-0.15, -0.1) is 0 Å². The molecule has 0 atom stereocenters. The lowest BCUT2D eigenvalue weighted by atomic mass is 10.4. The van der Waals surface area contributed by atoms with E-state index in [1.807, 2.05) is 0 Å². The van der Waals surface area contributed by atoms with Crippen LogP contribution >= 0.6 is 11.6 Å². The van der Waals surface area contributed by atoms with E-state index in [9.17, 15) is 23.1 Å². The minimum absolute atomic E-state index is 0.0549. The van der Waals surface area contributed by atoms with Gasteiger partial charge >= 0.3 is 12.0 Å². The van der Waals surface area contributed by atoms with Gasteiger partial charge in [0.1, 0.15) is 5.56 Å². The number of carboxylic acids is 1. The van der Waals surface area contributed by atoms with Crippen LogP contribution in [0.2, 0.25) is 5.15 Å². The number of sulfonamides is 1. The number of anilines is 1. The number of aryl methyl sites for hydroxylation is 1. The summed E-state index contributed by atoms with van der Waals surface area (Å²) in [6, 6.07) is 0.163. The van der Waals surface area contributed by atoms with Gasteiger partial charge in [0.25, 0.3) is 10.0 Å². The topological polar surface area (TPSA) is 166 Å². The molecule has 13 nitrogen and oxygen atoms in total. The van der Waals surface area contributed by atoms with Gasteiger partial charge in [0, 0.05) is 14.1 Å². The van der Waals surface area contributed by atoms with E-state index < -0.39 is 37.8 Å². The van der Waals surface area contributed by atoms with Gasteiger partial charge in [-0.1, -0.05) is 11.6 Å². The third-order valence-electron chi connectivity index (χ3n) is 3.37. The summed E-state index contributed by atoms with van der Waals surface area (Å²) >= 11 is 5.69. The van der Waals surface area contributed by atoms with Crippen LogP contribution in [-0.2, 0) is 17.1 Å². The molecule has 0 saturated carbocycles. The molecular formula is C13H15ClN6O7S. The van der Waals surface area contributed by atoms with Crippen LogP contribution in [-0.4, -0.2) is 70.8 Å². The number of rotatable bonds is 6. The van der Waals surface area contributed by atoms with Crippen molar-refractivity contribution in [1.82, 2.24) is 24.1 Å². The largest absolute Gasteiger partial charge is 0.481 e. The number of carboxylic acid groups (broad SMARTS) is 1. The second kappa shape index (κ2) is 7.85. The van der Waals surface area contributed by atoms with Crippen LogP contribution < -0.4 is 14.8 Å². The highest BCUT2D eigenvalue weighted by atomic mass is 35.5. The van der Waals surface area contributed by atoms with Gasteiger partial charge in [0.15, 0.2) is 10.2 Å². The molecule has 2 heterocycles. The summed E-state index contributed by atoms with van der Waals surface area (Å²) in [6.07, 6.45) is 0. The Labute approximate surface area is 163 Å². The Morgan fingerprint density at radius 3 is 2.25 bits per heavy atom. The van der Waals surface area contributed by atoms with Gasteiger partial charge < -0.3 is 14.6 Å². The number of nitrogens with one attached hydrogen (secondary N) is 1. The number of amides is 2. The van der Waals surface area contributed by atoms with Gasteiger partial charge in [0.2, 0.25) is 17.7 Å². The fourth-order valence-electron chi connectivity index (χ4n) is 2.03. The van der Waals surface area contributed by atoms with Gasteiger partial charge in [-0.25, -0.2) is 13.9 Å². The monoisotopic (exact) mass is 434 g/mol. The zero-order valence-corrected chi connectivity index (χ0v) is 16.6. The van der Waals surface area contributed by atoms with Crippen molar-refractivity contribution in [2.24, 2.45) is 7.05 Å². The molecule has 2 aromatic heterocycles. The zero-order valence-electron chi connectivity index (χ0n) is 15.0. The molecule has 2 aromatic rings. The van der Waals surface area contributed by atoms with E-state index in [0.29, 0.717) is 0 Å². The highest BCUT2D eigenvalue weighted by Crippen LogP contribution is 2.26. The van der Waals surface area contributed by atoms with Crippen LogP contribution in [0.5, 0.6) is 11.8 Å². The summed E-state index contributed by atoms with van der Waals surface area (Å²) in [5, 5.41) is 13.6. The number of aromatic carboxylic acids is 1. The quantitative estimate of drug-likeness (QED) is 0.650. The number of carbonyl (C=O) groups excluding carboxylic acids is 1. The normalized spacial score (nSPS) is 11.0. The number of nitrogens with zero attached hydrogens (tertiary/aromatic N) is 5. The van der Waals surface area contributed by atoms with Crippen LogP contribution in [0.25, 0.3) is 0 Å².